The van der Waals surface area contributed by atoms with Crippen molar-refractivity contribution in [3.05, 3.63) is 35.9 Å². The van der Waals surface area contributed by atoms with Crippen LogP contribution in [0.15, 0.2) is 30.3 Å². The molecule has 1 aliphatic carbocycles. The third-order valence-electron chi connectivity index (χ3n) is 4.45. The number of benzene rings is 1. The first-order valence-corrected chi connectivity index (χ1v) is 7.00. The number of hydrogen-bond acceptors (Lipinski definition) is 3. The molecule has 1 saturated heterocycles. The number of nitrogens with one attached hydrogen (secondary N) is 1. The maximum Gasteiger partial charge on any atom is 0.0723 e. The number of aliphatic hydroxyl groups excluding tert-OH is 1. The normalized spacial score (nSPS) is 24.7. The Balaban J connectivity index is 1.97. The van der Waals surface area contributed by atoms with E-state index in [4.69, 9.17) is 0 Å². The average molecular weight is 246 g/mol. The minimum absolute atomic E-state index is 0.136. The number of piperazine rings is 1. The highest BCUT2D eigenvalue weighted by Gasteiger charge is 2.50. The van der Waals surface area contributed by atoms with Crippen LogP contribution in [0.4, 0.5) is 0 Å². The van der Waals surface area contributed by atoms with Crippen LogP contribution in [0.3, 0.4) is 0 Å². The van der Waals surface area contributed by atoms with Gasteiger partial charge in [-0.1, -0.05) is 30.3 Å². The van der Waals surface area contributed by atoms with E-state index in [1.807, 2.05) is 0 Å². The van der Waals surface area contributed by atoms with Gasteiger partial charge in [0.25, 0.3) is 0 Å². The van der Waals surface area contributed by atoms with Crippen LogP contribution in [0.25, 0.3) is 0 Å². The van der Waals surface area contributed by atoms with E-state index < -0.39 is 0 Å². The van der Waals surface area contributed by atoms with E-state index in [2.05, 4.69) is 40.5 Å². The molecule has 1 unspecified atom stereocenters. The van der Waals surface area contributed by atoms with E-state index in [0.717, 1.165) is 26.2 Å². The third kappa shape index (κ3) is 1.96. The monoisotopic (exact) mass is 246 g/mol. The predicted octanol–water partition coefficient (Wildman–Crippen LogP) is 1.19. The quantitative estimate of drug-likeness (QED) is 0.837. The minimum Gasteiger partial charge on any atom is -0.394 e. The van der Waals surface area contributed by atoms with E-state index in [1.165, 1.54) is 18.4 Å². The van der Waals surface area contributed by atoms with E-state index in [1.54, 1.807) is 0 Å². The van der Waals surface area contributed by atoms with E-state index in [9.17, 15) is 5.11 Å². The van der Waals surface area contributed by atoms with Crippen LogP contribution in [0.1, 0.15) is 18.4 Å². The fourth-order valence-electron chi connectivity index (χ4n) is 3.35. The van der Waals surface area contributed by atoms with Gasteiger partial charge < -0.3 is 10.4 Å². The fraction of sp³-hybridized carbons (Fsp3) is 0.600. The Bertz CT molecular complexity index is 385. The van der Waals surface area contributed by atoms with Gasteiger partial charge in [-0.3, -0.25) is 4.90 Å². The van der Waals surface area contributed by atoms with Crippen LogP contribution in [0.5, 0.6) is 0 Å². The van der Waals surface area contributed by atoms with Crippen LogP contribution in [-0.4, -0.2) is 42.8 Å². The maximum absolute atomic E-state index is 10.1. The van der Waals surface area contributed by atoms with Crippen molar-refractivity contribution < 1.29 is 5.11 Å². The minimum atomic E-state index is -0.136. The smallest absolute Gasteiger partial charge is 0.0723 e. The summed E-state index contributed by atoms with van der Waals surface area (Å²) in [5.74, 6) is 0.628. The van der Waals surface area contributed by atoms with Gasteiger partial charge in [0.2, 0.25) is 0 Å². The summed E-state index contributed by atoms with van der Waals surface area (Å²) < 4.78 is 0. The Hall–Kier alpha value is -0.900. The first-order chi connectivity index (χ1) is 8.88. The molecule has 1 saturated carbocycles. The molecule has 1 aliphatic heterocycles. The molecule has 3 nitrogen and oxygen atoms in total. The van der Waals surface area contributed by atoms with Crippen LogP contribution in [0, 0.1) is 5.92 Å². The van der Waals surface area contributed by atoms with Gasteiger partial charge in [0.05, 0.1) is 12.1 Å². The maximum atomic E-state index is 10.1. The summed E-state index contributed by atoms with van der Waals surface area (Å²) in [7, 11) is 0. The molecule has 3 heteroatoms. The lowest BCUT2D eigenvalue weighted by Gasteiger charge is -2.46. The van der Waals surface area contributed by atoms with Gasteiger partial charge in [-0.25, -0.2) is 0 Å². The van der Waals surface area contributed by atoms with Crippen molar-refractivity contribution in [1.82, 2.24) is 10.2 Å². The lowest BCUT2D eigenvalue weighted by atomic mass is 9.83. The third-order valence-corrected chi connectivity index (χ3v) is 4.45. The molecular formula is C15H22N2O. The molecule has 1 aromatic rings. The van der Waals surface area contributed by atoms with E-state index >= 15 is 0 Å². The molecule has 0 aromatic heterocycles. The number of hydrogen-bond donors (Lipinski definition) is 2. The summed E-state index contributed by atoms with van der Waals surface area (Å²) in [4.78, 5) is 2.50. The fourth-order valence-corrected chi connectivity index (χ4v) is 3.35. The standard InChI is InChI=1S/C15H22N2O/c18-12-15(14-6-7-14,13-4-2-1-3-5-13)17-10-8-16-9-11-17/h1-5,14,16,18H,6-12H2. The van der Waals surface area contributed by atoms with E-state index in [0.29, 0.717) is 5.92 Å². The molecule has 2 N–H and O–H groups in total. The predicted molar refractivity (Wildman–Crippen MR) is 72.4 cm³/mol. The van der Waals surface area contributed by atoms with Crippen molar-refractivity contribution in [1.29, 1.82) is 0 Å². The molecular weight excluding hydrogens is 224 g/mol. The molecule has 0 bridgehead atoms. The molecule has 0 spiro atoms. The lowest BCUT2D eigenvalue weighted by Crippen LogP contribution is -2.57. The Morgan fingerprint density at radius 3 is 2.39 bits per heavy atom. The van der Waals surface area contributed by atoms with Gasteiger partial charge in [0.1, 0.15) is 0 Å². The Kier molecular flexibility index (Phi) is 3.37. The second kappa shape index (κ2) is 5.00. The highest BCUT2D eigenvalue weighted by atomic mass is 16.3. The lowest BCUT2D eigenvalue weighted by molar-refractivity contribution is -0.000434. The highest BCUT2D eigenvalue weighted by molar-refractivity contribution is 5.28. The molecule has 1 aromatic carbocycles. The molecule has 0 radical (unpaired) electrons. The van der Waals surface area contributed by atoms with Crippen molar-refractivity contribution in [2.75, 3.05) is 32.8 Å². The largest absolute Gasteiger partial charge is 0.394 e. The molecule has 1 atom stereocenters. The van der Waals surface area contributed by atoms with Gasteiger partial charge in [-0.05, 0) is 24.3 Å². The van der Waals surface area contributed by atoms with Crippen molar-refractivity contribution in [2.45, 2.75) is 18.4 Å². The Labute approximate surface area is 109 Å². The Morgan fingerprint density at radius 2 is 1.83 bits per heavy atom. The zero-order valence-corrected chi connectivity index (χ0v) is 10.8. The molecule has 1 heterocycles. The summed E-state index contributed by atoms with van der Waals surface area (Å²) in [6, 6.07) is 10.6. The topological polar surface area (TPSA) is 35.5 Å². The molecule has 3 rings (SSSR count). The van der Waals surface area contributed by atoms with Crippen molar-refractivity contribution >= 4 is 0 Å². The summed E-state index contributed by atoms with van der Waals surface area (Å²) in [6.45, 7) is 4.36. The SMILES string of the molecule is OCC(c1ccccc1)(C1CC1)N1CCNCC1. The average Bonchev–Trinajstić information content (AvgIpc) is 3.28. The summed E-state index contributed by atoms with van der Waals surface area (Å²) in [5, 5.41) is 13.5. The van der Waals surface area contributed by atoms with Crippen molar-refractivity contribution in [2.24, 2.45) is 5.92 Å². The first kappa shape index (κ1) is 12.2. The molecule has 18 heavy (non-hydrogen) atoms. The van der Waals surface area contributed by atoms with Crippen molar-refractivity contribution in [3.8, 4) is 0 Å². The molecule has 98 valence electrons. The van der Waals surface area contributed by atoms with Gasteiger partial charge in [-0.2, -0.15) is 0 Å². The van der Waals surface area contributed by atoms with Gasteiger partial charge in [0, 0.05) is 26.2 Å². The summed E-state index contributed by atoms with van der Waals surface area (Å²) in [5.41, 5.74) is 1.15. The highest BCUT2D eigenvalue weighted by Crippen LogP contribution is 2.49. The zero-order chi connectivity index (χ0) is 12.4. The van der Waals surface area contributed by atoms with Gasteiger partial charge in [0.15, 0.2) is 0 Å². The molecule has 0 amide bonds. The van der Waals surface area contributed by atoms with Gasteiger partial charge in [-0.15, -0.1) is 0 Å². The van der Waals surface area contributed by atoms with Crippen LogP contribution in [-0.2, 0) is 5.54 Å². The number of aliphatic hydroxyl groups is 1. The van der Waals surface area contributed by atoms with E-state index in [-0.39, 0.29) is 12.1 Å². The second-order valence-corrected chi connectivity index (χ2v) is 5.46. The van der Waals surface area contributed by atoms with Crippen LogP contribution < -0.4 is 5.32 Å². The van der Waals surface area contributed by atoms with Crippen LogP contribution in [0.2, 0.25) is 0 Å². The summed E-state index contributed by atoms with van der Waals surface area (Å²) >= 11 is 0. The molecule has 2 fully saturated rings. The number of nitrogens with zero attached hydrogens (tertiary/aromatic N) is 1. The van der Waals surface area contributed by atoms with Crippen LogP contribution >= 0.6 is 0 Å². The zero-order valence-electron chi connectivity index (χ0n) is 10.8. The summed E-state index contributed by atoms with van der Waals surface area (Å²) in [6.07, 6.45) is 2.50. The Morgan fingerprint density at radius 1 is 1.17 bits per heavy atom. The molecule has 2 aliphatic rings. The first-order valence-electron chi connectivity index (χ1n) is 7.00. The second-order valence-electron chi connectivity index (χ2n) is 5.46. The van der Waals surface area contributed by atoms with Gasteiger partial charge >= 0.3 is 0 Å². The van der Waals surface area contributed by atoms with Crippen molar-refractivity contribution in [3.63, 3.8) is 0 Å². The number of rotatable bonds is 4.